The molecule has 0 aliphatic heterocycles. The summed E-state index contributed by atoms with van der Waals surface area (Å²) in [6.45, 7) is 4.84. The number of hydrogen-bond acceptors (Lipinski definition) is 13. The molecule has 1 aromatic heterocycles. The number of ketones is 4. The van der Waals surface area contributed by atoms with E-state index in [4.69, 9.17) is 15.0 Å². The number of nitrogens with two attached hydrogens (primary N) is 1. The van der Waals surface area contributed by atoms with Gasteiger partial charge in [-0.05, 0) is 49.8 Å². The zero-order chi connectivity index (χ0) is 56.1. The summed E-state index contributed by atoms with van der Waals surface area (Å²) in [6, 6.07) is 35.7. The van der Waals surface area contributed by atoms with Crippen molar-refractivity contribution in [3.63, 3.8) is 0 Å². The van der Waals surface area contributed by atoms with Crippen LogP contribution in [0.4, 0.5) is 22.7 Å². The molecule has 0 bridgehead atoms. The number of nitrogen functional groups attached to an aromatic ring is 1. The van der Waals surface area contributed by atoms with Crippen LogP contribution in [-0.4, -0.2) is 121 Å². The Morgan fingerprint density at radius 3 is 1.88 bits per heavy atom. The fourth-order valence-electron chi connectivity index (χ4n) is 8.50. The fourth-order valence-corrected chi connectivity index (χ4v) is 9.96. The Kier molecular flexibility index (Phi) is 19.3. The van der Waals surface area contributed by atoms with Gasteiger partial charge in [0.1, 0.15) is 31.3 Å². The highest BCUT2D eigenvalue weighted by atomic mass is 32.2. The maximum atomic E-state index is 13.5. The lowest BCUT2D eigenvalue weighted by Gasteiger charge is -2.30. The number of fused-ring (bicyclic) bond motifs is 4. The van der Waals surface area contributed by atoms with Gasteiger partial charge in [0.05, 0.1) is 59.3 Å². The van der Waals surface area contributed by atoms with Crippen LogP contribution in [0.2, 0.25) is 0 Å². The maximum Gasteiger partial charge on any atom is 0.294 e. The first-order valence-electron chi connectivity index (χ1n) is 24.7. The van der Waals surface area contributed by atoms with E-state index in [1.54, 1.807) is 125 Å². The summed E-state index contributed by atoms with van der Waals surface area (Å²) >= 11 is 3.48. The quantitative estimate of drug-likeness (QED) is 0.0184. The number of nitrogens with zero attached hydrogens (tertiary/aromatic N) is 3. The highest BCUT2D eigenvalue weighted by Crippen LogP contribution is 2.42. The molecule has 2 amide bonds. The second kappa shape index (κ2) is 26.0. The molecule has 0 fully saturated rings. The van der Waals surface area contributed by atoms with Crippen LogP contribution in [-0.2, 0) is 32.8 Å². The van der Waals surface area contributed by atoms with E-state index in [0.29, 0.717) is 52.5 Å². The predicted octanol–water partition coefficient (Wildman–Crippen LogP) is 7.52. The third-order valence-electron chi connectivity index (χ3n) is 12.7. The summed E-state index contributed by atoms with van der Waals surface area (Å²) in [4.78, 5) is 77.4. The predicted molar refractivity (Wildman–Crippen MR) is 305 cm³/mol. The van der Waals surface area contributed by atoms with Crippen LogP contribution in [0.1, 0.15) is 69.2 Å². The van der Waals surface area contributed by atoms with Crippen molar-refractivity contribution in [1.82, 2.24) is 9.88 Å². The number of thioether (sulfide) groups is 2. The Labute approximate surface area is 461 Å². The van der Waals surface area contributed by atoms with Crippen LogP contribution in [0.15, 0.2) is 151 Å². The zero-order valence-electron chi connectivity index (χ0n) is 43.8. The summed E-state index contributed by atoms with van der Waals surface area (Å²) in [5.74, 6) is 0.848. The minimum atomic E-state index is -4.02. The van der Waals surface area contributed by atoms with Crippen molar-refractivity contribution in [1.29, 1.82) is 0 Å². The molecule has 0 atom stereocenters. The number of para-hydroxylation sites is 1. The van der Waals surface area contributed by atoms with E-state index in [2.05, 4.69) is 36.3 Å². The van der Waals surface area contributed by atoms with Gasteiger partial charge in [0.25, 0.3) is 21.9 Å². The van der Waals surface area contributed by atoms with Gasteiger partial charge in [-0.1, -0.05) is 96.6 Å². The van der Waals surface area contributed by atoms with Crippen LogP contribution < -0.4 is 31.0 Å². The third kappa shape index (κ3) is 14.4. The number of anilines is 4. The van der Waals surface area contributed by atoms with E-state index in [9.17, 15) is 37.2 Å². The Bertz CT molecular complexity index is 3490. The lowest BCUT2D eigenvalue weighted by Crippen LogP contribution is -2.44. The summed E-state index contributed by atoms with van der Waals surface area (Å²) in [6.07, 6.45) is 9.15. The van der Waals surface area contributed by atoms with Gasteiger partial charge in [0.2, 0.25) is 6.33 Å². The van der Waals surface area contributed by atoms with E-state index >= 15 is 0 Å². The smallest absolute Gasteiger partial charge is 0.294 e. The zero-order valence-corrected chi connectivity index (χ0v) is 46.2. The number of rotatable bonds is 18. The molecule has 0 spiro atoms. The van der Waals surface area contributed by atoms with Gasteiger partial charge in [-0.2, -0.15) is 31.9 Å². The van der Waals surface area contributed by atoms with E-state index in [-0.39, 0.29) is 80.9 Å². The summed E-state index contributed by atoms with van der Waals surface area (Å²) < 4.78 is 39.8. The molecule has 17 nitrogen and oxygen atoms in total. The average molecular weight is 1110 g/mol. The maximum absolute atomic E-state index is 13.5. The van der Waals surface area contributed by atoms with E-state index in [0.717, 1.165) is 40.3 Å². The second-order valence-electron chi connectivity index (χ2n) is 18.9. The third-order valence-corrected chi connectivity index (χ3v) is 14.8. The Morgan fingerprint density at radius 1 is 0.692 bits per heavy atom. The SMILES string of the molecule is CSCCNC(=O)Cn1cc[n+](CC(=O)Nc2cccc3c2C(=O)c2ccccc2C3=O)c1.CSCC[N+](C)(C)CCOc1cc(Nc2ccccc2)c2c(c1N)C(=O)c1ccccc1C2=O.Cc1ccc(S(=O)(=O)O)cc1. The van der Waals surface area contributed by atoms with Crippen LogP contribution in [0.3, 0.4) is 0 Å². The van der Waals surface area contributed by atoms with Gasteiger partial charge >= 0.3 is 0 Å². The number of hydrogen-bond donors (Lipinski definition) is 5. The van der Waals surface area contributed by atoms with Gasteiger partial charge in [-0.25, -0.2) is 9.13 Å². The average Bonchev–Trinajstić information content (AvgIpc) is 3.91. The number of carbonyl (C=O) groups is 6. The van der Waals surface area contributed by atoms with Crippen molar-refractivity contribution in [3.8, 4) is 5.75 Å². The van der Waals surface area contributed by atoms with E-state index in [1.165, 1.54) is 12.1 Å². The van der Waals surface area contributed by atoms with Crippen molar-refractivity contribution in [2.24, 2.45) is 0 Å². The molecular formula is C58H61N7O10S3+2. The number of quaternary nitrogens is 1. The normalized spacial score (nSPS) is 12.3. The molecule has 0 radical (unpaired) electrons. The number of likely N-dealkylation sites (N-methyl/N-ethyl adjacent to an activating group) is 1. The minimum Gasteiger partial charge on any atom is -0.485 e. The van der Waals surface area contributed by atoms with Crippen LogP contribution in [0, 0.1) is 6.92 Å². The van der Waals surface area contributed by atoms with Crippen LogP contribution in [0.5, 0.6) is 5.75 Å². The summed E-state index contributed by atoms with van der Waals surface area (Å²) in [7, 11) is 0.308. The molecule has 20 heteroatoms. The molecule has 404 valence electrons. The number of amides is 2. The van der Waals surface area contributed by atoms with Crippen LogP contribution >= 0.6 is 23.5 Å². The molecule has 0 saturated carbocycles. The van der Waals surface area contributed by atoms with E-state index in [1.807, 2.05) is 55.3 Å². The number of carbonyl (C=O) groups excluding carboxylic acids is 6. The molecule has 6 aromatic carbocycles. The molecule has 2 aliphatic carbocycles. The number of benzene rings is 6. The topological polar surface area (TPSA) is 237 Å². The van der Waals surface area contributed by atoms with Crippen molar-refractivity contribution in [3.05, 3.63) is 196 Å². The molecule has 6 N–H and O–H groups in total. The Balaban J connectivity index is 0.000000190. The second-order valence-corrected chi connectivity index (χ2v) is 22.3. The Morgan fingerprint density at radius 2 is 1.27 bits per heavy atom. The van der Waals surface area contributed by atoms with Crippen molar-refractivity contribution in [2.75, 3.05) is 80.7 Å². The van der Waals surface area contributed by atoms with Gasteiger partial charge in [0.15, 0.2) is 36.2 Å². The summed E-state index contributed by atoms with van der Waals surface area (Å²) in [5.41, 5.74) is 11.7. The molecule has 2 aliphatic rings. The first-order valence-corrected chi connectivity index (χ1v) is 28.9. The van der Waals surface area contributed by atoms with Gasteiger partial charge in [-0.3, -0.25) is 33.3 Å². The van der Waals surface area contributed by atoms with E-state index < -0.39 is 10.1 Å². The number of nitrogens with one attached hydrogen (secondary N) is 3. The molecule has 0 unspecified atom stereocenters. The monoisotopic (exact) mass is 1110 g/mol. The number of ether oxygens (including phenoxy) is 1. The molecule has 0 saturated heterocycles. The molecule has 7 aromatic rings. The fraction of sp³-hybridized carbons (Fsp3) is 0.224. The van der Waals surface area contributed by atoms with Gasteiger partial charge < -0.3 is 30.9 Å². The van der Waals surface area contributed by atoms with Crippen LogP contribution in [0.25, 0.3) is 0 Å². The number of imidazole rings is 1. The van der Waals surface area contributed by atoms with Crippen molar-refractivity contribution >= 4 is 91.3 Å². The van der Waals surface area contributed by atoms with Crippen molar-refractivity contribution in [2.45, 2.75) is 24.9 Å². The minimum absolute atomic E-state index is 0.0104. The molecular weight excluding hydrogens is 1050 g/mol. The first-order chi connectivity index (χ1) is 37.3. The highest BCUT2D eigenvalue weighted by molar-refractivity contribution is 7.98. The molecule has 78 heavy (non-hydrogen) atoms. The lowest BCUT2D eigenvalue weighted by molar-refractivity contribution is -0.887. The Hall–Kier alpha value is -7.88. The largest absolute Gasteiger partial charge is 0.485 e. The summed E-state index contributed by atoms with van der Waals surface area (Å²) in [5, 5.41) is 8.89. The van der Waals surface area contributed by atoms with Gasteiger partial charge in [-0.15, -0.1) is 0 Å². The number of aryl methyl sites for hydroxylation is 1. The highest BCUT2D eigenvalue weighted by Gasteiger charge is 2.36. The molecule has 9 rings (SSSR count). The standard InChI is InChI=1S/C27H29N3O3S.C24H22N4O4S.C7H8O3S/c1-30(2,14-16-34-3)13-15-33-22-17-21(29-18-9-5-4-6-10-18)23-24(25(22)28)27(32)20-12-8-7-11-19(20)26(23)31;1-33-12-9-25-20(29)13-27-10-11-28(15-27)14-21(30)26-19-8-4-7-18-22(19)24(32)17-6-3-2-5-16(17)23(18)31;1-6-2-4-7(5-3-6)11(8,9)10/h4-12,17H,13-16H2,1-3H3,(H2-,28,29,31,32);2-8,10-11,15H,9,12-14H2,1H3,(H-,25,26,29,30,32);2-5H,1H3,(H,8,9,10)/p+2. The first kappa shape index (κ1) is 57.8. The number of aromatic nitrogens is 2. The van der Waals surface area contributed by atoms with Crippen molar-refractivity contribution < 1.29 is 55.5 Å². The van der Waals surface area contributed by atoms with Gasteiger partial charge in [0, 0.05) is 57.6 Å². The lowest BCUT2D eigenvalue weighted by atomic mass is 9.82. The molecule has 1 heterocycles.